The lowest BCUT2D eigenvalue weighted by atomic mass is 10.2. The van der Waals surface area contributed by atoms with Gasteiger partial charge in [-0.3, -0.25) is 0 Å². The van der Waals surface area contributed by atoms with Crippen molar-refractivity contribution in [3.05, 3.63) is 27.7 Å². The van der Waals surface area contributed by atoms with E-state index in [1.807, 2.05) is 25.1 Å². The van der Waals surface area contributed by atoms with Gasteiger partial charge in [0.1, 0.15) is 0 Å². The van der Waals surface area contributed by atoms with E-state index in [2.05, 4.69) is 21.2 Å². The van der Waals surface area contributed by atoms with Crippen molar-refractivity contribution < 1.29 is 5.11 Å². The molecule has 0 aliphatic rings. The maximum Gasteiger partial charge on any atom is 0.0710 e. The second kappa shape index (κ2) is 5.01. The first-order valence-corrected chi connectivity index (χ1v) is 5.58. The van der Waals surface area contributed by atoms with Crippen molar-refractivity contribution in [2.75, 3.05) is 5.32 Å². The predicted molar refractivity (Wildman–Crippen MR) is 63.9 cm³/mol. The van der Waals surface area contributed by atoms with Crippen LogP contribution in [0.2, 0.25) is 5.02 Å². The van der Waals surface area contributed by atoms with E-state index in [1.165, 1.54) is 0 Å². The van der Waals surface area contributed by atoms with Crippen LogP contribution in [0.15, 0.2) is 22.7 Å². The summed E-state index contributed by atoms with van der Waals surface area (Å²) >= 11 is 9.31. The van der Waals surface area contributed by atoms with E-state index >= 15 is 0 Å². The molecule has 0 saturated heterocycles. The summed E-state index contributed by atoms with van der Waals surface area (Å²) in [5, 5.41) is 13.2. The minimum Gasteiger partial charge on any atom is -0.391 e. The summed E-state index contributed by atoms with van der Waals surface area (Å²) in [6, 6.07) is 5.58. The molecule has 2 nitrogen and oxygen atoms in total. The smallest absolute Gasteiger partial charge is 0.0710 e. The zero-order valence-corrected chi connectivity index (χ0v) is 10.4. The van der Waals surface area contributed by atoms with Crippen molar-refractivity contribution in [2.24, 2.45) is 0 Å². The van der Waals surface area contributed by atoms with Crippen LogP contribution in [0.25, 0.3) is 0 Å². The number of aliphatic hydroxyl groups is 1. The summed E-state index contributed by atoms with van der Waals surface area (Å²) in [4.78, 5) is 0. The number of benzene rings is 1. The van der Waals surface area contributed by atoms with E-state index in [1.54, 1.807) is 6.92 Å². The number of aliphatic hydroxyl groups excluding tert-OH is 1. The van der Waals surface area contributed by atoms with E-state index in [0.29, 0.717) is 5.02 Å². The fourth-order valence-corrected chi connectivity index (χ4v) is 1.53. The lowest BCUT2D eigenvalue weighted by Crippen LogP contribution is -2.27. The van der Waals surface area contributed by atoms with Crippen LogP contribution >= 0.6 is 27.5 Å². The SMILES string of the molecule is CC(O)C(C)Nc1cccc(Cl)c1Br. The largest absolute Gasteiger partial charge is 0.391 e. The van der Waals surface area contributed by atoms with E-state index in [9.17, 15) is 5.11 Å². The van der Waals surface area contributed by atoms with Gasteiger partial charge in [0.15, 0.2) is 0 Å². The molecule has 0 saturated carbocycles. The normalized spacial score (nSPS) is 14.9. The van der Waals surface area contributed by atoms with Crippen LogP contribution in [-0.2, 0) is 0 Å². The molecule has 0 heterocycles. The third-order valence-electron chi connectivity index (χ3n) is 2.06. The Morgan fingerprint density at radius 3 is 2.64 bits per heavy atom. The molecule has 0 spiro atoms. The lowest BCUT2D eigenvalue weighted by Gasteiger charge is -2.19. The summed E-state index contributed by atoms with van der Waals surface area (Å²) in [6.07, 6.45) is -0.402. The van der Waals surface area contributed by atoms with Crippen molar-refractivity contribution in [3.8, 4) is 0 Å². The van der Waals surface area contributed by atoms with Gasteiger partial charge in [-0.1, -0.05) is 17.7 Å². The van der Waals surface area contributed by atoms with Crippen molar-refractivity contribution in [1.29, 1.82) is 0 Å². The molecule has 0 bridgehead atoms. The Labute approximate surface area is 97.4 Å². The standard InChI is InChI=1S/C10H13BrClNO/c1-6(7(2)14)13-9-5-3-4-8(12)10(9)11/h3-7,13-14H,1-2H3. The van der Waals surface area contributed by atoms with Crippen LogP contribution in [0.3, 0.4) is 0 Å². The van der Waals surface area contributed by atoms with Crippen LogP contribution in [0.1, 0.15) is 13.8 Å². The van der Waals surface area contributed by atoms with E-state index in [0.717, 1.165) is 10.2 Å². The molecular weight excluding hydrogens is 265 g/mol. The quantitative estimate of drug-likeness (QED) is 0.889. The summed E-state index contributed by atoms with van der Waals surface area (Å²) in [6.45, 7) is 3.66. The number of anilines is 1. The van der Waals surface area contributed by atoms with Gasteiger partial charge in [-0.2, -0.15) is 0 Å². The topological polar surface area (TPSA) is 32.3 Å². The molecule has 0 aliphatic carbocycles. The lowest BCUT2D eigenvalue weighted by molar-refractivity contribution is 0.178. The molecule has 1 aromatic carbocycles. The maximum atomic E-state index is 9.33. The molecule has 1 aromatic rings. The fraction of sp³-hybridized carbons (Fsp3) is 0.400. The minimum absolute atomic E-state index is 0.00948. The number of rotatable bonds is 3. The van der Waals surface area contributed by atoms with E-state index in [4.69, 9.17) is 11.6 Å². The van der Waals surface area contributed by atoms with Gasteiger partial charge in [0.05, 0.1) is 21.3 Å². The first kappa shape index (κ1) is 11.8. The predicted octanol–water partition coefficient (Wildman–Crippen LogP) is 3.28. The molecule has 0 amide bonds. The van der Waals surface area contributed by atoms with Gasteiger partial charge in [-0.15, -0.1) is 0 Å². The zero-order valence-electron chi connectivity index (χ0n) is 8.09. The highest BCUT2D eigenvalue weighted by Gasteiger charge is 2.10. The van der Waals surface area contributed by atoms with Crippen LogP contribution in [0.4, 0.5) is 5.69 Å². The summed E-state index contributed by atoms with van der Waals surface area (Å²) < 4.78 is 0.828. The van der Waals surface area contributed by atoms with Gasteiger partial charge in [-0.05, 0) is 41.9 Å². The molecular formula is C10H13BrClNO. The van der Waals surface area contributed by atoms with Gasteiger partial charge in [-0.25, -0.2) is 0 Å². The average molecular weight is 279 g/mol. The van der Waals surface area contributed by atoms with Crippen molar-refractivity contribution in [1.82, 2.24) is 0 Å². The molecule has 1 rings (SSSR count). The second-order valence-corrected chi connectivity index (χ2v) is 4.48. The molecule has 14 heavy (non-hydrogen) atoms. The van der Waals surface area contributed by atoms with Gasteiger partial charge in [0.2, 0.25) is 0 Å². The zero-order chi connectivity index (χ0) is 10.7. The Kier molecular flexibility index (Phi) is 4.23. The number of nitrogens with one attached hydrogen (secondary N) is 1. The molecule has 2 atom stereocenters. The Balaban J connectivity index is 2.82. The highest BCUT2D eigenvalue weighted by Crippen LogP contribution is 2.30. The first-order chi connectivity index (χ1) is 6.52. The molecule has 0 aromatic heterocycles. The molecule has 78 valence electrons. The number of hydrogen-bond donors (Lipinski definition) is 2. The van der Waals surface area contributed by atoms with Gasteiger partial charge < -0.3 is 10.4 Å². The third-order valence-corrected chi connectivity index (χ3v) is 3.46. The molecule has 4 heteroatoms. The Bertz CT molecular complexity index is 317. The highest BCUT2D eigenvalue weighted by molar-refractivity contribution is 9.10. The Morgan fingerprint density at radius 1 is 1.43 bits per heavy atom. The molecule has 0 fully saturated rings. The van der Waals surface area contributed by atoms with Gasteiger partial charge >= 0.3 is 0 Å². The summed E-state index contributed by atoms with van der Waals surface area (Å²) in [7, 11) is 0. The van der Waals surface area contributed by atoms with E-state index in [-0.39, 0.29) is 6.04 Å². The van der Waals surface area contributed by atoms with Crippen molar-refractivity contribution in [3.63, 3.8) is 0 Å². The fourth-order valence-electron chi connectivity index (χ4n) is 0.981. The average Bonchev–Trinajstić information content (AvgIpc) is 2.12. The molecule has 0 aliphatic heterocycles. The maximum absolute atomic E-state index is 9.33. The van der Waals surface area contributed by atoms with Crippen molar-refractivity contribution in [2.45, 2.75) is 26.0 Å². The highest BCUT2D eigenvalue weighted by atomic mass is 79.9. The van der Waals surface area contributed by atoms with Gasteiger partial charge in [0.25, 0.3) is 0 Å². The number of halogens is 2. The third kappa shape index (κ3) is 2.87. The minimum atomic E-state index is -0.402. The summed E-state index contributed by atoms with van der Waals surface area (Å²) in [5.74, 6) is 0. The van der Waals surface area contributed by atoms with Crippen molar-refractivity contribution >= 4 is 33.2 Å². The van der Waals surface area contributed by atoms with Crippen LogP contribution in [0, 0.1) is 0 Å². The van der Waals surface area contributed by atoms with Crippen LogP contribution in [0.5, 0.6) is 0 Å². The summed E-state index contributed by atoms with van der Waals surface area (Å²) in [5.41, 5.74) is 0.894. The van der Waals surface area contributed by atoms with Gasteiger partial charge in [0, 0.05) is 6.04 Å². The Morgan fingerprint density at radius 2 is 2.07 bits per heavy atom. The Hall–Kier alpha value is -0.250. The second-order valence-electron chi connectivity index (χ2n) is 3.27. The van der Waals surface area contributed by atoms with E-state index < -0.39 is 6.10 Å². The monoisotopic (exact) mass is 277 g/mol. The number of hydrogen-bond acceptors (Lipinski definition) is 2. The molecule has 2 unspecified atom stereocenters. The van der Waals surface area contributed by atoms with Crippen LogP contribution in [-0.4, -0.2) is 17.3 Å². The van der Waals surface area contributed by atoms with Crippen LogP contribution < -0.4 is 5.32 Å². The molecule has 0 radical (unpaired) electrons. The first-order valence-electron chi connectivity index (χ1n) is 4.41. The molecule has 2 N–H and O–H groups in total.